The van der Waals surface area contributed by atoms with Gasteiger partial charge in [0, 0.05) is 0 Å². The van der Waals surface area contributed by atoms with Gasteiger partial charge in [-0.15, -0.1) is 0 Å². The maximum Gasteiger partial charge on any atom is 0.351 e. The average Bonchev–Trinajstić information content (AvgIpc) is 2.58. The van der Waals surface area contributed by atoms with Gasteiger partial charge in [0.2, 0.25) is 6.10 Å². The van der Waals surface area contributed by atoms with E-state index in [1.807, 2.05) is 13.8 Å². The number of amides is 1. The first-order valence-corrected chi connectivity index (χ1v) is 7.63. The molecule has 1 N–H and O–H groups in total. The van der Waals surface area contributed by atoms with Crippen molar-refractivity contribution in [1.29, 1.82) is 5.26 Å². The monoisotopic (exact) mass is 332 g/mol. The first-order valence-electron chi connectivity index (χ1n) is 7.63. The van der Waals surface area contributed by atoms with Crippen molar-refractivity contribution in [2.75, 3.05) is 13.2 Å². The zero-order valence-corrected chi connectivity index (χ0v) is 13.9. The predicted octanol–water partition coefficient (Wildman–Crippen LogP) is 1.42. The minimum atomic E-state index is -1.02. The molecule has 1 aliphatic heterocycles. The number of benzene rings is 1. The van der Waals surface area contributed by atoms with Gasteiger partial charge in [-0.2, -0.15) is 5.26 Å². The fraction of sp³-hybridized carbons (Fsp3) is 0.471. The highest BCUT2D eigenvalue weighted by Crippen LogP contribution is 2.31. The average molecular weight is 332 g/mol. The van der Waals surface area contributed by atoms with Crippen LogP contribution in [0.2, 0.25) is 0 Å². The van der Waals surface area contributed by atoms with E-state index in [0.717, 1.165) is 0 Å². The minimum Gasteiger partial charge on any atom is -0.485 e. The van der Waals surface area contributed by atoms with Crippen molar-refractivity contribution in [1.82, 2.24) is 5.32 Å². The maximum atomic E-state index is 12.0. The van der Waals surface area contributed by atoms with Crippen molar-refractivity contribution in [2.45, 2.75) is 32.4 Å². The molecule has 0 aliphatic carbocycles. The summed E-state index contributed by atoms with van der Waals surface area (Å²) in [5.74, 6) is -0.317. The number of para-hydroxylation sites is 2. The predicted molar refractivity (Wildman–Crippen MR) is 84.3 cm³/mol. The molecule has 1 amide bonds. The molecule has 1 aromatic rings. The normalized spacial score (nSPS) is 18.2. The van der Waals surface area contributed by atoms with E-state index in [-0.39, 0.29) is 12.5 Å². The molecule has 0 spiro atoms. The number of hydrogen-bond acceptors (Lipinski definition) is 6. The Bertz CT molecular complexity index is 667. The van der Waals surface area contributed by atoms with Gasteiger partial charge >= 0.3 is 5.97 Å². The summed E-state index contributed by atoms with van der Waals surface area (Å²) in [5, 5.41) is 11.7. The Balaban J connectivity index is 1.86. The van der Waals surface area contributed by atoms with Crippen LogP contribution < -0.4 is 14.8 Å². The van der Waals surface area contributed by atoms with Crippen LogP contribution in [0.1, 0.15) is 20.8 Å². The standard InChI is InChI=1S/C17H20N2O5/c1-11(2)17(3,10-18)19-15(20)9-23-16(21)14-8-22-12-6-4-5-7-13(12)24-14/h4-7,11,14H,8-9H2,1-3H3,(H,19,20)/t14-,17-/m1/s1. The van der Waals surface area contributed by atoms with Gasteiger partial charge in [-0.1, -0.05) is 26.0 Å². The molecule has 0 bridgehead atoms. The number of fused-ring (bicyclic) bond motifs is 1. The van der Waals surface area contributed by atoms with E-state index >= 15 is 0 Å². The third-order valence-electron chi connectivity index (χ3n) is 3.90. The van der Waals surface area contributed by atoms with Gasteiger partial charge in [-0.05, 0) is 25.0 Å². The summed E-state index contributed by atoms with van der Waals surface area (Å²) < 4.78 is 15.9. The second-order valence-electron chi connectivity index (χ2n) is 5.99. The molecule has 0 saturated carbocycles. The van der Waals surface area contributed by atoms with E-state index < -0.39 is 30.1 Å². The second-order valence-corrected chi connectivity index (χ2v) is 5.99. The highest BCUT2D eigenvalue weighted by molar-refractivity contribution is 5.83. The lowest BCUT2D eigenvalue weighted by atomic mass is 9.90. The smallest absolute Gasteiger partial charge is 0.351 e. The van der Waals surface area contributed by atoms with E-state index in [1.165, 1.54) is 0 Å². The van der Waals surface area contributed by atoms with Crippen LogP contribution in [0, 0.1) is 17.2 Å². The fourth-order valence-electron chi connectivity index (χ4n) is 1.99. The summed E-state index contributed by atoms with van der Waals surface area (Å²) in [7, 11) is 0. The van der Waals surface area contributed by atoms with Crippen molar-refractivity contribution in [3.63, 3.8) is 0 Å². The van der Waals surface area contributed by atoms with Gasteiger partial charge in [0.1, 0.15) is 12.1 Å². The van der Waals surface area contributed by atoms with Crippen LogP contribution in [0.15, 0.2) is 24.3 Å². The van der Waals surface area contributed by atoms with Crippen LogP contribution >= 0.6 is 0 Å². The summed E-state index contributed by atoms with van der Waals surface area (Å²) in [6.07, 6.45) is -0.930. The van der Waals surface area contributed by atoms with Gasteiger partial charge in [-0.3, -0.25) is 4.79 Å². The molecule has 7 heteroatoms. The molecule has 0 unspecified atom stereocenters. The number of hydrogen-bond donors (Lipinski definition) is 1. The Morgan fingerprint density at radius 3 is 2.71 bits per heavy atom. The molecule has 0 fully saturated rings. The fourth-order valence-corrected chi connectivity index (χ4v) is 1.99. The number of esters is 1. The van der Waals surface area contributed by atoms with E-state index in [2.05, 4.69) is 11.4 Å². The summed E-state index contributed by atoms with van der Waals surface area (Å²) in [6.45, 7) is 4.79. The van der Waals surface area contributed by atoms with Crippen LogP contribution in [0.3, 0.4) is 0 Å². The third kappa shape index (κ3) is 3.96. The third-order valence-corrected chi connectivity index (χ3v) is 3.90. The van der Waals surface area contributed by atoms with Gasteiger partial charge in [0.25, 0.3) is 5.91 Å². The Labute approximate surface area is 140 Å². The number of rotatable bonds is 5. The van der Waals surface area contributed by atoms with Gasteiger partial charge in [0.05, 0.1) is 6.07 Å². The van der Waals surface area contributed by atoms with E-state index in [9.17, 15) is 9.59 Å². The van der Waals surface area contributed by atoms with Crippen LogP contribution in [0.25, 0.3) is 0 Å². The Morgan fingerprint density at radius 1 is 1.42 bits per heavy atom. The quantitative estimate of drug-likeness (QED) is 0.819. The highest BCUT2D eigenvalue weighted by atomic mass is 16.6. The van der Waals surface area contributed by atoms with Gasteiger partial charge in [0.15, 0.2) is 18.1 Å². The molecule has 1 heterocycles. The first kappa shape index (κ1) is 17.6. The number of nitrogens with one attached hydrogen (secondary N) is 1. The Hall–Kier alpha value is -2.75. The molecule has 2 atom stereocenters. The van der Waals surface area contributed by atoms with Crippen LogP contribution in [-0.4, -0.2) is 36.7 Å². The molecule has 128 valence electrons. The second kappa shape index (κ2) is 7.21. The number of carbonyl (C=O) groups excluding carboxylic acids is 2. The number of ether oxygens (including phenoxy) is 3. The van der Waals surface area contributed by atoms with E-state index in [0.29, 0.717) is 11.5 Å². The minimum absolute atomic E-state index is 0.0133. The molecule has 0 radical (unpaired) electrons. The summed E-state index contributed by atoms with van der Waals surface area (Å²) in [4.78, 5) is 23.9. The lowest BCUT2D eigenvalue weighted by Crippen LogP contribution is -2.50. The SMILES string of the molecule is CC(C)[C@@](C)(C#N)NC(=O)COC(=O)[C@H]1COc2ccccc2O1. The van der Waals surface area contributed by atoms with E-state index in [4.69, 9.17) is 19.5 Å². The first-order chi connectivity index (χ1) is 11.4. The number of nitrogens with zero attached hydrogens (tertiary/aromatic N) is 1. The number of carbonyl (C=O) groups is 2. The molecular weight excluding hydrogens is 312 g/mol. The van der Waals surface area contributed by atoms with Crippen molar-refractivity contribution in [3.8, 4) is 17.6 Å². The highest BCUT2D eigenvalue weighted by Gasteiger charge is 2.32. The van der Waals surface area contributed by atoms with Crippen LogP contribution in [-0.2, 0) is 14.3 Å². The Morgan fingerprint density at radius 2 is 2.08 bits per heavy atom. The Kier molecular flexibility index (Phi) is 5.29. The van der Waals surface area contributed by atoms with E-state index in [1.54, 1.807) is 31.2 Å². The van der Waals surface area contributed by atoms with Crippen LogP contribution in [0.4, 0.5) is 0 Å². The summed E-state index contributed by atoms with van der Waals surface area (Å²) in [5.41, 5.74) is -1.02. The lowest BCUT2D eigenvalue weighted by Gasteiger charge is -2.27. The summed E-state index contributed by atoms with van der Waals surface area (Å²) >= 11 is 0. The molecular formula is C17H20N2O5. The molecule has 1 aliphatic rings. The zero-order chi connectivity index (χ0) is 17.7. The largest absolute Gasteiger partial charge is 0.485 e. The number of nitriles is 1. The van der Waals surface area contributed by atoms with Gasteiger partial charge < -0.3 is 19.5 Å². The maximum absolute atomic E-state index is 12.0. The molecule has 0 saturated heterocycles. The van der Waals surface area contributed by atoms with Crippen LogP contribution in [0.5, 0.6) is 11.5 Å². The lowest BCUT2D eigenvalue weighted by molar-refractivity contribution is -0.158. The molecule has 2 rings (SSSR count). The zero-order valence-electron chi connectivity index (χ0n) is 13.9. The molecule has 24 heavy (non-hydrogen) atoms. The molecule has 1 aromatic carbocycles. The molecule has 7 nitrogen and oxygen atoms in total. The van der Waals surface area contributed by atoms with Crippen molar-refractivity contribution < 1.29 is 23.8 Å². The summed E-state index contributed by atoms with van der Waals surface area (Å²) in [6, 6.07) is 9.03. The van der Waals surface area contributed by atoms with Crippen molar-refractivity contribution in [2.24, 2.45) is 5.92 Å². The van der Waals surface area contributed by atoms with Crippen molar-refractivity contribution in [3.05, 3.63) is 24.3 Å². The molecule has 0 aromatic heterocycles. The topological polar surface area (TPSA) is 97.7 Å². The van der Waals surface area contributed by atoms with Gasteiger partial charge in [-0.25, -0.2) is 4.79 Å². The van der Waals surface area contributed by atoms with Crippen molar-refractivity contribution >= 4 is 11.9 Å².